The summed E-state index contributed by atoms with van der Waals surface area (Å²) in [5.74, 6) is 0.476. The number of ether oxygens (including phenoxy) is 1. The van der Waals surface area contributed by atoms with Crippen LogP contribution in [0.5, 0.6) is 11.5 Å². The highest BCUT2D eigenvalue weighted by Gasteiger charge is 2.20. The van der Waals surface area contributed by atoms with Gasteiger partial charge in [-0.2, -0.15) is 0 Å². The fourth-order valence-corrected chi connectivity index (χ4v) is 2.33. The van der Waals surface area contributed by atoms with E-state index in [-0.39, 0.29) is 27.4 Å². The number of hydrogen-bond donors (Lipinski definition) is 0. The van der Waals surface area contributed by atoms with Crippen LogP contribution >= 0.6 is 46.4 Å². The van der Waals surface area contributed by atoms with Gasteiger partial charge in [0.25, 0.3) is 0 Å². The van der Waals surface area contributed by atoms with E-state index in [1.807, 2.05) is 0 Å². The van der Waals surface area contributed by atoms with Gasteiger partial charge >= 0.3 is 5.69 Å². The third kappa shape index (κ3) is 3.71. The van der Waals surface area contributed by atoms with Crippen molar-refractivity contribution < 1.29 is 9.66 Å². The largest absolute Gasteiger partial charge is 0.450 e. The third-order valence-corrected chi connectivity index (χ3v) is 3.83. The van der Waals surface area contributed by atoms with Crippen molar-refractivity contribution >= 4 is 52.1 Å². The molecule has 4 nitrogen and oxygen atoms in total. The van der Waals surface area contributed by atoms with E-state index in [2.05, 4.69) is 0 Å². The molecule has 0 spiro atoms. The van der Waals surface area contributed by atoms with Crippen molar-refractivity contribution in [2.75, 3.05) is 0 Å². The SMILES string of the molecule is O=[N+]([O-])c1cc(Cl)c(Cl)cc1Oc1ccc(Cl)cc1CCl. The lowest BCUT2D eigenvalue weighted by Gasteiger charge is -2.11. The molecule has 0 saturated heterocycles. The van der Waals surface area contributed by atoms with Crippen molar-refractivity contribution in [3.05, 3.63) is 61.1 Å². The maximum absolute atomic E-state index is 11.1. The quantitative estimate of drug-likeness (QED) is 0.374. The Balaban J connectivity index is 2.48. The molecule has 0 amide bonds. The summed E-state index contributed by atoms with van der Waals surface area (Å²) in [5.41, 5.74) is 0.310. The standard InChI is InChI=1S/C13H7Cl4NO3/c14-6-7-3-8(15)1-2-12(7)21-13-5-10(17)9(16)4-11(13)18(19)20/h1-5H,6H2. The number of hydrogen-bond acceptors (Lipinski definition) is 3. The van der Waals surface area contributed by atoms with E-state index in [1.165, 1.54) is 6.07 Å². The minimum atomic E-state index is -0.603. The summed E-state index contributed by atoms with van der Waals surface area (Å²) in [6.07, 6.45) is 0. The van der Waals surface area contributed by atoms with Gasteiger partial charge in [0.05, 0.1) is 20.8 Å². The van der Waals surface area contributed by atoms with Gasteiger partial charge in [-0.1, -0.05) is 34.8 Å². The van der Waals surface area contributed by atoms with Crippen LogP contribution < -0.4 is 4.74 Å². The molecular weight excluding hydrogens is 360 g/mol. The minimum absolute atomic E-state index is 0.0249. The lowest BCUT2D eigenvalue weighted by molar-refractivity contribution is -0.385. The van der Waals surface area contributed by atoms with Gasteiger partial charge in [0, 0.05) is 22.7 Å². The Bertz CT molecular complexity index is 706. The predicted octanol–water partition coefficient (Wildman–Crippen LogP) is 6.09. The molecule has 0 aromatic heterocycles. The molecule has 2 aromatic rings. The van der Waals surface area contributed by atoms with Crippen LogP contribution in [0.1, 0.15) is 5.56 Å². The van der Waals surface area contributed by atoms with E-state index in [0.717, 1.165) is 6.07 Å². The Morgan fingerprint density at radius 1 is 1.05 bits per heavy atom. The fraction of sp³-hybridized carbons (Fsp3) is 0.0769. The van der Waals surface area contributed by atoms with Crippen molar-refractivity contribution in [3.63, 3.8) is 0 Å². The molecule has 0 radical (unpaired) electrons. The summed E-state index contributed by atoms with van der Waals surface area (Å²) >= 11 is 23.3. The minimum Gasteiger partial charge on any atom is -0.450 e. The van der Waals surface area contributed by atoms with Crippen LogP contribution in [0.15, 0.2) is 30.3 Å². The van der Waals surface area contributed by atoms with E-state index < -0.39 is 4.92 Å². The second-order valence-electron chi connectivity index (χ2n) is 3.98. The molecule has 0 aliphatic heterocycles. The molecule has 0 fully saturated rings. The molecule has 0 aliphatic rings. The Morgan fingerprint density at radius 2 is 1.71 bits per heavy atom. The van der Waals surface area contributed by atoms with Crippen molar-refractivity contribution in [2.45, 2.75) is 5.88 Å². The lowest BCUT2D eigenvalue weighted by Crippen LogP contribution is -1.96. The molecule has 21 heavy (non-hydrogen) atoms. The molecule has 0 atom stereocenters. The summed E-state index contributed by atoms with van der Waals surface area (Å²) in [7, 11) is 0. The zero-order chi connectivity index (χ0) is 15.6. The van der Waals surface area contributed by atoms with Crippen molar-refractivity contribution in [2.24, 2.45) is 0 Å². The molecule has 0 aliphatic carbocycles. The highest BCUT2D eigenvalue weighted by atomic mass is 35.5. The van der Waals surface area contributed by atoms with Crippen LogP contribution in [0.4, 0.5) is 5.69 Å². The Labute approximate surface area is 140 Å². The van der Waals surface area contributed by atoms with Crippen LogP contribution in [0.2, 0.25) is 15.1 Å². The Morgan fingerprint density at radius 3 is 2.33 bits per heavy atom. The summed E-state index contributed by atoms with van der Waals surface area (Å²) in [4.78, 5) is 10.5. The molecular formula is C13H7Cl4NO3. The lowest BCUT2D eigenvalue weighted by atomic mass is 10.2. The number of rotatable bonds is 4. The van der Waals surface area contributed by atoms with Gasteiger partial charge in [-0.25, -0.2) is 0 Å². The van der Waals surface area contributed by atoms with E-state index in [0.29, 0.717) is 16.3 Å². The van der Waals surface area contributed by atoms with E-state index in [4.69, 9.17) is 51.1 Å². The van der Waals surface area contributed by atoms with Gasteiger partial charge in [-0.3, -0.25) is 10.1 Å². The maximum atomic E-state index is 11.1. The fourth-order valence-electron chi connectivity index (χ4n) is 1.61. The number of alkyl halides is 1. The summed E-state index contributed by atoms with van der Waals surface area (Å²) < 4.78 is 5.56. The van der Waals surface area contributed by atoms with E-state index in [1.54, 1.807) is 18.2 Å². The molecule has 110 valence electrons. The van der Waals surface area contributed by atoms with Gasteiger partial charge in [0.2, 0.25) is 5.75 Å². The first-order valence-electron chi connectivity index (χ1n) is 5.58. The molecule has 2 aromatic carbocycles. The number of nitro groups is 1. The summed E-state index contributed by atoms with van der Waals surface area (Å²) in [6, 6.07) is 7.21. The first-order chi connectivity index (χ1) is 9.92. The average Bonchev–Trinajstić information content (AvgIpc) is 2.44. The average molecular weight is 367 g/mol. The van der Waals surface area contributed by atoms with Gasteiger partial charge in [0.15, 0.2) is 0 Å². The van der Waals surface area contributed by atoms with Gasteiger partial charge in [-0.15, -0.1) is 11.6 Å². The normalized spacial score (nSPS) is 10.5. The number of nitrogens with zero attached hydrogens (tertiary/aromatic N) is 1. The molecule has 0 N–H and O–H groups in total. The van der Waals surface area contributed by atoms with Crippen molar-refractivity contribution in [3.8, 4) is 11.5 Å². The monoisotopic (exact) mass is 365 g/mol. The third-order valence-electron chi connectivity index (χ3n) is 2.58. The smallest absolute Gasteiger partial charge is 0.313 e. The van der Waals surface area contributed by atoms with Gasteiger partial charge in [0.1, 0.15) is 5.75 Å². The second kappa shape index (κ2) is 6.71. The van der Waals surface area contributed by atoms with Gasteiger partial charge < -0.3 is 4.74 Å². The van der Waals surface area contributed by atoms with Crippen LogP contribution in [0, 0.1) is 10.1 Å². The highest BCUT2D eigenvalue weighted by molar-refractivity contribution is 6.42. The Kier molecular flexibility index (Phi) is 5.17. The maximum Gasteiger partial charge on any atom is 0.313 e. The molecule has 0 saturated carbocycles. The molecule has 0 heterocycles. The van der Waals surface area contributed by atoms with E-state index >= 15 is 0 Å². The topological polar surface area (TPSA) is 52.4 Å². The van der Waals surface area contributed by atoms with Crippen LogP contribution in [-0.4, -0.2) is 4.92 Å². The van der Waals surface area contributed by atoms with Crippen LogP contribution in [-0.2, 0) is 5.88 Å². The van der Waals surface area contributed by atoms with Crippen LogP contribution in [0.3, 0.4) is 0 Å². The predicted molar refractivity (Wildman–Crippen MR) is 84.2 cm³/mol. The van der Waals surface area contributed by atoms with E-state index in [9.17, 15) is 10.1 Å². The molecule has 0 unspecified atom stereocenters. The zero-order valence-electron chi connectivity index (χ0n) is 10.3. The zero-order valence-corrected chi connectivity index (χ0v) is 13.3. The first-order valence-corrected chi connectivity index (χ1v) is 7.25. The van der Waals surface area contributed by atoms with Crippen molar-refractivity contribution in [1.82, 2.24) is 0 Å². The number of halogens is 4. The van der Waals surface area contributed by atoms with Crippen molar-refractivity contribution in [1.29, 1.82) is 0 Å². The molecule has 2 rings (SSSR count). The summed E-state index contributed by atoms with van der Waals surface area (Å²) in [5, 5.41) is 11.8. The second-order valence-corrected chi connectivity index (χ2v) is 5.50. The Hall–Kier alpha value is -1.20. The summed E-state index contributed by atoms with van der Waals surface area (Å²) in [6.45, 7) is 0. The van der Waals surface area contributed by atoms with Gasteiger partial charge in [-0.05, 0) is 18.2 Å². The molecule has 8 heteroatoms. The first kappa shape index (κ1) is 16.2. The number of benzene rings is 2. The molecule has 0 bridgehead atoms. The number of nitro benzene ring substituents is 1. The highest BCUT2D eigenvalue weighted by Crippen LogP contribution is 2.39. The van der Waals surface area contributed by atoms with Crippen LogP contribution in [0.25, 0.3) is 0 Å².